The average Bonchev–Trinajstić information content (AvgIpc) is 2.56. The summed E-state index contributed by atoms with van der Waals surface area (Å²) in [4.78, 5) is 23.5. The number of anilines is 2. The van der Waals surface area contributed by atoms with Gasteiger partial charge in [0, 0.05) is 11.3 Å². The minimum Gasteiger partial charge on any atom is -0.450 e. The van der Waals surface area contributed by atoms with Gasteiger partial charge in [0.25, 0.3) is 5.91 Å². The summed E-state index contributed by atoms with van der Waals surface area (Å²) in [5.74, 6) is -0.645. The molecule has 0 radical (unpaired) electrons. The molecule has 0 spiro atoms. The summed E-state index contributed by atoms with van der Waals surface area (Å²) in [6.45, 7) is 1.87. The summed E-state index contributed by atoms with van der Waals surface area (Å²) < 4.78 is 43.0. The first-order valence-electron chi connectivity index (χ1n) is 7.42. The zero-order valence-electron chi connectivity index (χ0n) is 13.5. The summed E-state index contributed by atoms with van der Waals surface area (Å²) >= 11 is 5.85. The van der Waals surface area contributed by atoms with Crippen LogP contribution in [0.2, 0.25) is 5.02 Å². The molecule has 0 saturated carbocycles. The van der Waals surface area contributed by atoms with Crippen LogP contribution in [0.3, 0.4) is 0 Å². The van der Waals surface area contributed by atoms with Crippen molar-refractivity contribution >= 4 is 35.0 Å². The predicted molar refractivity (Wildman–Crippen MR) is 91.5 cm³/mol. The van der Waals surface area contributed by atoms with Gasteiger partial charge in [-0.3, -0.25) is 10.1 Å². The topological polar surface area (TPSA) is 67.4 Å². The van der Waals surface area contributed by atoms with Crippen molar-refractivity contribution in [3.63, 3.8) is 0 Å². The molecule has 0 fully saturated rings. The second-order valence-electron chi connectivity index (χ2n) is 5.07. The van der Waals surface area contributed by atoms with Gasteiger partial charge in [-0.2, -0.15) is 13.2 Å². The molecule has 138 valence electrons. The molecule has 0 aliphatic heterocycles. The first-order valence-corrected chi connectivity index (χ1v) is 7.80. The van der Waals surface area contributed by atoms with E-state index in [1.165, 1.54) is 24.3 Å². The quantitative estimate of drug-likeness (QED) is 0.760. The van der Waals surface area contributed by atoms with Crippen LogP contribution in [0.5, 0.6) is 0 Å². The molecule has 2 amide bonds. The second kappa shape index (κ2) is 8.09. The first kappa shape index (κ1) is 19.6. The number of hydrogen-bond donors (Lipinski definition) is 2. The summed E-state index contributed by atoms with van der Waals surface area (Å²) in [7, 11) is 0. The third-order valence-corrected chi connectivity index (χ3v) is 3.54. The zero-order chi connectivity index (χ0) is 19.3. The number of nitrogens with one attached hydrogen (secondary N) is 2. The van der Waals surface area contributed by atoms with Gasteiger partial charge in [-0.05, 0) is 49.4 Å². The molecule has 0 bridgehead atoms. The minimum atomic E-state index is -4.55. The van der Waals surface area contributed by atoms with Gasteiger partial charge in [-0.15, -0.1) is 0 Å². The number of carbonyl (C=O) groups is 2. The molecule has 0 aliphatic rings. The van der Waals surface area contributed by atoms with Gasteiger partial charge in [0.15, 0.2) is 0 Å². The Morgan fingerprint density at radius 1 is 1.08 bits per heavy atom. The summed E-state index contributed by atoms with van der Waals surface area (Å²) in [5.41, 5.74) is -0.503. The molecule has 0 aromatic heterocycles. The van der Waals surface area contributed by atoms with E-state index in [-0.39, 0.29) is 22.9 Å². The maximum Gasteiger partial charge on any atom is 0.416 e. The first-order chi connectivity index (χ1) is 12.2. The number of halogens is 4. The maximum atomic E-state index is 12.8. The van der Waals surface area contributed by atoms with E-state index in [0.29, 0.717) is 5.69 Å². The normalized spacial score (nSPS) is 11.0. The average molecular weight is 387 g/mol. The predicted octanol–water partition coefficient (Wildman–Crippen LogP) is 5.18. The van der Waals surface area contributed by atoms with Crippen LogP contribution in [0.25, 0.3) is 0 Å². The Hall–Kier alpha value is -2.74. The van der Waals surface area contributed by atoms with Gasteiger partial charge >= 0.3 is 12.3 Å². The molecule has 9 heteroatoms. The standard InChI is InChI=1S/C17H14ClF3N2O3/c1-2-26-16(25)22-12-6-3-10(4-7-12)15(24)23-14-9-11(17(19,20)21)5-8-13(14)18/h3-9H,2H2,1H3,(H,22,25)(H,23,24). The molecule has 0 saturated heterocycles. The number of carbonyl (C=O) groups excluding carboxylic acids is 2. The van der Waals surface area contributed by atoms with E-state index in [1.807, 2.05) is 0 Å². The second-order valence-corrected chi connectivity index (χ2v) is 5.48. The van der Waals surface area contributed by atoms with Crippen molar-refractivity contribution in [3.8, 4) is 0 Å². The highest BCUT2D eigenvalue weighted by Gasteiger charge is 2.31. The zero-order valence-corrected chi connectivity index (χ0v) is 14.2. The Morgan fingerprint density at radius 3 is 2.31 bits per heavy atom. The van der Waals surface area contributed by atoms with Crippen LogP contribution in [-0.4, -0.2) is 18.6 Å². The van der Waals surface area contributed by atoms with Crippen molar-refractivity contribution in [1.29, 1.82) is 0 Å². The Morgan fingerprint density at radius 2 is 1.73 bits per heavy atom. The van der Waals surface area contributed by atoms with Crippen LogP contribution >= 0.6 is 11.6 Å². The smallest absolute Gasteiger partial charge is 0.416 e. The van der Waals surface area contributed by atoms with Crippen molar-refractivity contribution in [2.24, 2.45) is 0 Å². The molecule has 0 unspecified atom stereocenters. The third-order valence-electron chi connectivity index (χ3n) is 3.21. The lowest BCUT2D eigenvalue weighted by Crippen LogP contribution is -2.15. The van der Waals surface area contributed by atoms with Gasteiger partial charge in [-0.1, -0.05) is 11.6 Å². The molecular formula is C17H14ClF3N2O3. The van der Waals surface area contributed by atoms with Gasteiger partial charge in [0.2, 0.25) is 0 Å². The molecule has 0 heterocycles. The Labute approximate surface area is 152 Å². The van der Waals surface area contributed by atoms with Crippen LogP contribution in [-0.2, 0) is 10.9 Å². The van der Waals surface area contributed by atoms with Crippen molar-refractivity contribution in [2.75, 3.05) is 17.2 Å². The van der Waals surface area contributed by atoms with E-state index in [1.54, 1.807) is 6.92 Å². The lowest BCUT2D eigenvalue weighted by molar-refractivity contribution is -0.137. The van der Waals surface area contributed by atoms with Gasteiger partial charge in [0.1, 0.15) is 0 Å². The number of amides is 2. The Bertz CT molecular complexity index is 808. The molecule has 26 heavy (non-hydrogen) atoms. The summed E-state index contributed by atoms with van der Waals surface area (Å²) in [6, 6.07) is 8.37. The molecule has 2 aromatic rings. The largest absolute Gasteiger partial charge is 0.450 e. The molecule has 2 aromatic carbocycles. The highest BCUT2D eigenvalue weighted by molar-refractivity contribution is 6.34. The SMILES string of the molecule is CCOC(=O)Nc1ccc(C(=O)Nc2cc(C(F)(F)F)ccc2Cl)cc1. The molecule has 0 atom stereocenters. The molecule has 2 N–H and O–H groups in total. The molecule has 0 aliphatic carbocycles. The van der Waals surface area contributed by atoms with Gasteiger partial charge in [0.05, 0.1) is 22.9 Å². The molecular weight excluding hydrogens is 373 g/mol. The number of hydrogen-bond acceptors (Lipinski definition) is 3. The van der Waals surface area contributed by atoms with Crippen molar-refractivity contribution in [3.05, 3.63) is 58.6 Å². The van der Waals surface area contributed by atoms with E-state index >= 15 is 0 Å². The lowest BCUT2D eigenvalue weighted by Gasteiger charge is -2.12. The van der Waals surface area contributed by atoms with Crippen LogP contribution in [0.15, 0.2) is 42.5 Å². The van der Waals surface area contributed by atoms with Crippen LogP contribution in [0.4, 0.5) is 29.3 Å². The lowest BCUT2D eigenvalue weighted by atomic mass is 10.1. The van der Waals surface area contributed by atoms with E-state index < -0.39 is 23.7 Å². The highest BCUT2D eigenvalue weighted by Crippen LogP contribution is 2.34. The highest BCUT2D eigenvalue weighted by atomic mass is 35.5. The number of ether oxygens (including phenoxy) is 1. The maximum absolute atomic E-state index is 12.8. The molecule has 2 rings (SSSR count). The van der Waals surface area contributed by atoms with E-state index in [2.05, 4.69) is 10.6 Å². The van der Waals surface area contributed by atoms with Gasteiger partial charge in [-0.25, -0.2) is 4.79 Å². The summed E-state index contributed by atoms with van der Waals surface area (Å²) in [6.07, 6.45) is -5.19. The van der Waals surface area contributed by atoms with Crippen molar-refractivity contribution in [1.82, 2.24) is 0 Å². The fraction of sp³-hybridized carbons (Fsp3) is 0.176. The third kappa shape index (κ3) is 5.13. The van der Waals surface area contributed by atoms with Crippen LogP contribution in [0.1, 0.15) is 22.8 Å². The summed E-state index contributed by atoms with van der Waals surface area (Å²) in [5, 5.41) is 4.77. The fourth-order valence-electron chi connectivity index (χ4n) is 1.98. The van der Waals surface area contributed by atoms with Crippen LogP contribution < -0.4 is 10.6 Å². The monoisotopic (exact) mass is 386 g/mol. The fourth-order valence-corrected chi connectivity index (χ4v) is 2.15. The van der Waals surface area contributed by atoms with E-state index in [9.17, 15) is 22.8 Å². The van der Waals surface area contributed by atoms with E-state index in [0.717, 1.165) is 18.2 Å². The minimum absolute atomic E-state index is 0.0213. The Kier molecular flexibility index (Phi) is 6.10. The number of alkyl halides is 3. The molecule has 5 nitrogen and oxygen atoms in total. The number of benzene rings is 2. The van der Waals surface area contributed by atoms with Crippen molar-refractivity contribution < 1.29 is 27.5 Å². The van der Waals surface area contributed by atoms with Gasteiger partial charge < -0.3 is 10.1 Å². The number of rotatable bonds is 4. The van der Waals surface area contributed by atoms with E-state index in [4.69, 9.17) is 16.3 Å². The van der Waals surface area contributed by atoms with Crippen molar-refractivity contribution in [2.45, 2.75) is 13.1 Å². The van der Waals surface area contributed by atoms with Crippen LogP contribution in [0, 0.1) is 0 Å². The Balaban J connectivity index is 2.12.